The molecule has 0 bridgehead atoms. The smallest absolute Gasteiger partial charge is 0.257 e. The van der Waals surface area contributed by atoms with Crippen LogP contribution in [0.1, 0.15) is 23.1 Å². The van der Waals surface area contributed by atoms with Crippen LogP contribution in [0.5, 0.6) is 5.75 Å². The molecule has 1 amide bonds. The number of phenols is 1. The standard InChI is InChI=1S/C23H18FN3O3/c24-15-3-1-2-14(10-15)21-20(13-4-7-17(28)8-5-13)22(29)23(30)27(21)16-6-9-18-19(11-16)26-12-25-18/h1-12,20-22,28-29H,(H,25,26). The van der Waals surface area contributed by atoms with Crippen LogP contribution in [-0.2, 0) is 4.79 Å². The van der Waals surface area contributed by atoms with Crippen LogP contribution < -0.4 is 4.90 Å². The number of aliphatic hydroxyl groups is 1. The lowest BCUT2D eigenvalue weighted by molar-refractivity contribution is -0.124. The number of aromatic nitrogens is 2. The molecular formula is C23H18FN3O3. The Morgan fingerprint density at radius 3 is 2.57 bits per heavy atom. The summed E-state index contributed by atoms with van der Waals surface area (Å²) >= 11 is 0. The predicted molar refractivity (Wildman–Crippen MR) is 110 cm³/mol. The van der Waals surface area contributed by atoms with Crippen LogP contribution in [0.15, 0.2) is 73.1 Å². The minimum atomic E-state index is -1.32. The number of nitrogens with one attached hydrogen (secondary N) is 1. The number of aromatic hydroxyl groups is 1. The number of imidazole rings is 1. The first-order chi connectivity index (χ1) is 14.5. The average Bonchev–Trinajstić information content (AvgIpc) is 3.31. The highest BCUT2D eigenvalue weighted by Crippen LogP contribution is 2.47. The predicted octanol–water partition coefficient (Wildman–Crippen LogP) is 3.64. The Hall–Kier alpha value is -3.71. The Morgan fingerprint density at radius 2 is 1.80 bits per heavy atom. The van der Waals surface area contributed by atoms with Gasteiger partial charge in [0, 0.05) is 11.6 Å². The van der Waals surface area contributed by atoms with E-state index in [9.17, 15) is 19.4 Å². The van der Waals surface area contributed by atoms with E-state index in [1.807, 2.05) is 0 Å². The number of benzene rings is 3. The van der Waals surface area contributed by atoms with E-state index < -0.39 is 29.8 Å². The largest absolute Gasteiger partial charge is 0.508 e. The van der Waals surface area contributed by atoms with E-state index in [0.29, 0.717) is 16.8 Å². The molecule has 3 unspecified atom stereocenters. The van der Waals surface area contributed by atoms with Gasteiger partial charge >= 0.3 is 0 Å². The summed E-state index contributed by atoms with van der Waals surface area (Å²) in [7, 11) is 0. The second-order valence-electron chi connectivity index (χ2n) is 7.37. The van der Waals surface area contributed by atoms with Gasteiger partial charge in [-0.2, -0.15) is 0 Å². The van der Waals surface area contributed by atoms with Crippen LogP contribution in [0.4, 0.5) is 10.1 Å². The van der Waals surface area contributed by atoms with Gasteiger partial charge in [0.05, 0.1) is 23.4 Å². The molecule has 1 aliphatic heterocycles. The van der Waals surface area contributed by atoms with Gasteiger partial charge in [-0.15, -0.1) is 0 Å². The number of fused-ring (bicyclic) bond motifs is 1. The molecule has 1 aliphatic rings. The summed E-state index contributed by atoms with van der Waals surface area (Å²) in [6.45, 7) is 0. The number of amides is 1. The van der Waals surface area contributed by atoms with Crippen molar-refractivity contribution in [2.24, 2.45) is 0 Å². The molecule has 0 saturated carbocycles. The van der Waals surface area contributed by atoms with E-state index in [1.54, 1.807) is 48.8 Å². The lowest BCUT2D eigenvalue weighted by atomic mass is 9.86. The number of hydrogen-bond acceptors (Lipinski definition) is 4. The van der Waals surface area contributed by atoms with Crippen molar-refractivity contribution in [2.75, 3.05) is 4.90 Å². The molecular weight excluding hydrogens is 385 g/mol. The van der Waals surface area contributed by atoms with Crippen LogP contribution in [0, 0.1) is 5.82 Å². The lowest BCUT2D eigenvalue weighted by Gasteiger charge is -2.29. The zero-order valence-electron chi connectivity index (χ0n) is 15.7. The Morgan fingerprint density at radius 1 is 1.00 bits per heavy atom. The summed E-state index contributed by atoms with van der Waals surface area (Å²) < 4.78 is 14.1. The highest BCUT2D eigenvalue weighted by molar-refractivity contribution is 6.02. The van der Waals surface area contributed by atoms with Gasteiger partial charge in [0.1, 0.15) is 17.7 Å². The number of carbonyl (C=O) groups excluding carboxylic acids is 1. The van der Waals surface area contributed by atoms with Crippen molar-refractivity contribution in [3.63, 3.8) is 0 Å². The van der Waals surface area contributed by atoms with Crippen molar-refractivity contribution < 1.29 is 19.4 Å². The zero-order valence-corrected chi connectivity index (χ0v) is 15.7. The molecule has 4 aromatic rings. The summed E-state index contributed by atoms with van der Waals surface area (Å²) in [5.74, 6) is -1.45. The van der Waals surface area contributed by atoms with Crippen molar-refractivity contribution >= 4 is 22.6 Å². The average molecular weight is 403 g/mol. The van der Waals surface area contributed by atoms with Gasteiger partial charge in [-0.3, -0.25) is 4.79 Å². The molecule has 1 saturated heterocycles. The Bertz CT molecular complexity index is 1240. The number of halogens is 1. The minimum Gasteiger partial charge on any atom is -0.508 e. The van der Waals surface area contributed by atoms with E-state index in [2.05, 4.69) is 9.97 Å². The van der Waals surface area contributed by atoms with Crippen LogP contribution in [0.25, 0.3) is 11.0 Å². The molecule has 3 aromatic carbocycles. The Labute approximate surface area is 171 Å². The highest BCUT2D eigenvalue weighted by atomic mass is 19.1. The maximum atomic E-state index is 14.1. The molecule has 7 heteroatoms. The van der Waals surface area contributed by atoms with Crippen LogP contribution >= 0.6 is 0 Å². The first-order valence-corrected chi connectivity index (χ1v) is 9.51. The van der Waals surface area contributed by atoms with Crippen LogP contribution in [0.2, 0.25) is 0 Å². The molecule has 1 fully saturated rings. The third kappa shape index (κ3) is 2.91. The molecule has 2 heterocycles. The van der Waals surface area contributed by atoms with E-state index in [0.717, 1.165) is 11.0 Å². The molecule has 3 N–H and O–H groups in total. The SMILES string of the molecule is O=C1C(O)C(c2ccc(O)cc2)C(c2cccc(F)c2)N1c1ccc2nc[nH]c2c1. The van der Waals surface area contributed by atoms with Crippen LogP contribution in [0.3, 0.4) is 0 Å². The van der Waals surface area contributed by atoms with Gasteiger partial charge in [-0.25, -0.2) is 9.37 Å². The fourth-order valence-corrected chi connectivity index (χ4v) is 4.24. The molecule has 30 heavy (non-hydrogen) atoms. The summed E-state index contributed by atoms with van der Waals surface area (Å²) in [4.78, 5) is 21.9. The summed E-state index contributed by atoms with van der Waals surface area (Å²) in [5.41, 5.74) is 3.33. The minimum absolute atomic E-state index is 0.0846. The Kier molecular flexibility index (Phi) is 4.25. The quantitative estimate of drug-likeness (QED) is 0.487. The number of rotatable bonds is 3. The maximum Gasteiger partial charge on any atom is 0.257 e. The zero-order chi connectivity index (χ0) is 20.8. The van der Waals surface area contributed by atoms with Crippen LogP contribution in [-0.4, -0.2) is 32.2 Å². The maximum absolute atomic E-state index is 14.1. The van der Waals surface area contributed by atoms with Gasteiger partial charge < -0.3 is 20.1 Å². The molecule has 5 rings (SSSR count). The molecule has 0 spiro atoms. The van der Waals surface area contributed by atoms with Gasteiger partial charge in [0.25, 0.3) is 5.91 Å². The number of aliphatic hydroxyl groups excluding tert-OH is 1. The fraction of sp³-hybridized carbons (Fsp3) is 0.130. The van der Waals surface area contributed by atoms with E-state index in [4.69, 9.17) is 0 Å². The number of phenolic OH excluding ortho intramolecular Hbond substituents is 1. The van der Waals surface area contributed by atoms with Crippen molar-refractivity contribution in [1.82, 2.24) is 9.97 Å². The van der Waals surface area contributed by atoms with Gasteiger partial charge in [-0.05, 0) is 53.6 Å². The van der Waals surface area contributed by atoms with E-state index >= 15 is 0 Å². The van der Waals surface area contributed by atoms with Crippen molar-refractivity contribution in [1.29, 1.82) is 0 Å². The van der Waals surface area contributed by atoms with Crippen molar-refractivity contribution in [2.45, 2.75) is 18.1 Å². The first kappa shape index (κ1) is 18.3. The number of nitrogens with zero attached hydrogens (tertiary/aromatic N) is 2. The molecule has 6 nitrogen and oxygen atoms in total. The number of hydrogen-bond donors (Lipinski definition) is 3. The van der Waals surface area contributed by atoms with Gasteiger partial charge in [0.15, 0.2) is 0 Å². The molecule has 0 radical (unpaired) electrons. The highest BCUT2D eigenvalue weighted by Gasteiger charge is 2.49. The first-order valence-electron chi connectivity index (χ1n) is 9.51. The molecule has 0 aliphatic carbocycles. The normalized spacial score (nSPS) is 21.5. The summed E-state index contributed by atoms with van der Waals surface area (Å²) in [6, 6.07) is 17.1. The van der Waals surface area contributed by atoms with Crippen molar-refractivity contribution in [3.05, 3.63) is 90.0 Å². The third-order valence-electron chi connectivity index (χ3n) is 5.60. The van der Waals surface area contributed by atoms with Gasteiger partial charge in [-0.1, -0.05) is 24.3 Å². The third-order valence-corrected chi connectivity index (χ3v) is 5.60. The topological polar surface area (TPSA) is 89.4 Å². The molecule has 3 atom stereocenters. The van der Waals surface area contributed by atoms with E-state index in [1.165, 1.54) is 29.2 Å². The number of aromatic amines is 1. The number of carbonyl (C=O) groups is 1. The Balaban J connectivity index is 1.69. The molecule has 1 aromatic heterocycles. The lowest BCUT2D eigenvalue weighted by Crippen LogP contribution is -2.30. The second-order valence-corrected chi connectivity index (χ2v) is 7.37. The fourth-order valence-electron chi connectivity index (χ4n) is 4.24. The summed E-state index contributed by atoms with van der Waals surface area (Å²) in [6.07, 6.45) is 0.249. The monoisotopic (exact) mass is 403 g/mol. The second kappa shape index (κ2) is 6.96. The number of H-pyrrole nitrogens is 1. The number of anilines is 1. The molecule has 150 valence electrons. The van der Waals surface area contributed by atoms with E-state index in [-0.39, 0.29) is 5.75 Å². The summed E-state index contributed by atoms with van der Waals surface area (Å²) in [5, 5.41) is 20.6. The van der Waals surface area contributed by atoms with Crippen molar-refractivity contribution in [3.8, 4) is 5.75 Å². The van der Waals surface area contributed by atoms with Gasteiger partial charge in [0.2, 0.25) is 0 Å².